The van der Waals surface area contributed by atoms with Crippen LogP contribution in [0.4, 0.5) is 0 Å². The third kappa shape index (κ3) is 3.31. The van der Waals surface area contributed by atoms with E-state index in [-0.39, 0.29) is 5.75 Å². The molecule has 0 saturated carbocycles. The van der Waals surface area contributed by atoms with Crippen LogP contribution in [0.2, 0.25) is 0 Å². The quantitative estimate of drug-likeness (QED) is 0.626. The molecule has 1 N–H and O–H groups in total. The van der Waals surface area contributed by atoms with E-state index in [4.69, 9.17) is 0 Å². The highest BCUT2D eigenvalue weighted by atomic mass is 32.1. The fraction of sp³-hybridized carbons (Fsp3) is 0.250. The summed E-state index contributed by atoms with van der Waals surface area (Å²) in [5.41, 5.74) is 1.02. The summed E-state index contributed by atoms with van der Waals surface area (Å²) in [6, 6.07) is 4.60. The number of carbonyl (C=O) groups excluding carboxylic acids is 1. The van der Waals surface area contributed by atoms with E-state index in [9.17, 15) is 9.90 Å². The summed E-state index contributed by atoms with van der Waals surface area (Å²) in [4.78, 5) is 11.3. The zero-order chi connectivity index (χ0) is 12.0. The molecule has 0 atom stereocenters. The summed E-state index contributed by atoms with van der Waals surface area (Å²) < 4.78 is 4.60. The van der Waals surface area contributed by atoms with Gasteiger partial charge in [-0.25, -0.2) is 4.79 Å². The topological polar surface area (TPSA) is 46.5 Å². The number of ether oxygens (including phenoxy) is 1. The summed E-state index contributed by atoms with van der Waals surface area (Å²) in [5, 5.41) is 9.57. The number of benzene rings is 1. The Hall–Kier alpha value is -1.42. The molecule has 0 saturated heterocycles. The predicted octanol–water partition coefficient (Wildman–Crippen LogP) is 2.51. The van der Waals surface area contributed by atoms with Crippen LogP contribution in [0.1, 0.15) is 22.3 Å². The van der Waals surface area contributed by atoms with Crippen molar-refractivity contribution < 1.29 is 14.6 Å². The minimum Gasteiger partial charge on any atom is -0.507 e. The average Bonchev–Trinajstić information content (AvgIpc) is 2.31. The molecular formula is C12H14O3S. The second-order valence-electron chi connectivity index (χ2n) is 3.18. The van der Waals surface area contributed by atoms with E-state index in [0.717, 1.165) is 12.2 Å². The van der Waals surface area contributed by atoms with Gasteiger partial charge >= 0.3 is 5.97 Å². The SMILES string of the molecule is COC(=O)c1ccc(O)c(C=CCCS)c1. The van der Waals surface area contributed by atoms with Crippen LogP contribution >= 0.6 is 12.6 Å². The van der Waals surface area contributed by atoms with Gasteiger partial charge in [0.2, 0.25) is 0 Å². The lowest BCUT2D eigenvalue weighted by Crippen LogP contribution is -2.00. The maximum absolute atomic E-state index is 11.3. The van der Waals surface area contributed by atoms with Crippen molar-refractivity contribution in [2.24, 2.45) is 0 Å². The second kappa shape index (κ2) is 6.23. The van der Waals surface area contributed by atoms with Gasteiger partial charge in [0, 0.05) is 5.56 Å². The molecule has 3 nitrogen and oxygen atoms in total. The Labute approximate surface area is 100 Å². The number of allylic oxidation sites excluding steroid dienone is 1. The molecule has 16 heavy (non-hydrogen) atoms. The third-order valence-electron chi connectivity index (χ3n) is 2.04. The molecule has 1 aromatic rings. The number of rotatable bonds is 4. The molecule has 0 bridgehead atoms. The molecule has 0 fully saturated rings. The van der Waals surface area contributed by atoms with E-state index in [0.29, 0.717) is 11.1 Å². The first-order valence-corrected chi connectivity index (χ1v) is 5.51. The highest BCUT2D eigenvalue weighted by Crippen LogP contribution is 2.20. The van der Waals surface area contributed by atoms with Crippen molar-refractivity contribution in [3.8, 4) is 5.75 Å². The normalized spacial score (nSPS) is 10.6. The van der Waals surface area contributed by atoms with E-state index in [1.165, 1.54) is 19.2 Å². The fourth-order valence-electron chi connectivity index (χ4n) is 1.22. The lowest BCUT2D eigenvalue weighted by atomic mass is 10.1. The highest BCUT2D eigenvalue weighted by Gasteiger charge is 2.07. The van der Waals surface area contributed by atoms with Gasteiger partial charge in [-0.3, -0.25) is 0 Å². The van der Waals surface area contributed by atoms with Gasteiger partial charge < -0.3 is 9.84 Å². The monoisotopic (exact) mass is 238 g/mol. The smallest absolute Gasteiger partial charge is 0.337 e. The summed E-state index contributed by atoms with van der Waals surface area (Å²) in [6.07, 6.45) is 4.46. The van der Waals surface area contributed by atoms with Gasteiger partial charge in [-0.05, 0) is 30.4 Å². The third-order valence-corrected chi connectivity index (χ3v) is 2.30. The van der Waals surface area contributed by atoms with E-state index < -0.39 is 5.97 Å². The lowest BCUT2D eigenvalue weighted by Gasteiger charge is -2.03. The zero-order valence-corrected chi connectivity index (χ0v) is 9.91. The van der Waals surface area contributed by atoms with Crippen LogP contribution in [0.5, 0.6) is 5.75 Å². The van der Waals surface area contributed by atoms with Gasteiger partial charge in [0.25, 0.3) is 0 Å². The maximum atomic E-state index is 11.3. The van der Waals surface area contributed by atoms with Crippen molar-refractivity contribution >= 4 is 24.7 Å². The van der Waals surface area contributed by atoms with Crippen molar-refractivity contribution in [1.29, 1.82) is 0 Å². The first-order valence-electron chi connectivity index (χ1n) is 4.87. The molecule has 0 spiro atoms. The molecule has 86 valence electrons. The van der Waals surface area contributed by atoms with Crippen LogP contribution in [-0.4, -0.2) is 23.9 Å². The molecule has 1 aromatic carbocycles. The number of hydrogen-bond acceptors (Lipinski definition) is 4. The molecule has 0 aliphatic heterocycles. The number of methoxy groups -OCH3 is 1. The Morgan fingerprint density at radius 3 is 2.94 bits per heavy atom. The van der Waals surface area contributed by atoms with Gasteiger partial charge in [0.15, 0.2) is 0 Å². The Balaban J connectivity index is 2.94. The Morgan fingerprint density at radius 1 is 1.56 bits per heavy atom. The van der Waals surface area contributed by atoms with Crippen LogP contribution in [-0.2, 0) is 4.74 Å². The summed E-state index contributed by atoms with van der Waals surface area (Å²) in [7, 11) is 1.33. The number of hydrogen-bond donors (Lipinski definition) is 2. The van der Waals surface area contributed by atoms with Gasteiger partial charge in [0.05, 0.1) is 12.7 Å². The van der Waals surface area contributed by atoms with Crippen molar-refractivity contribution in [2.45, 2.75) is 6.42 Å². The molecule has 0 heterocycles. The first kappa shape index (κ1) is 12.6. The summed E-state index contributed by atoms with van der Waals surface area (Å²) in [5.74, 6) is 0.473. The molecule has 0 aromatic heterocycles. The number of thiol groups is 1. The van der Waals surface area contributed by atoms with Gasteiger partial charge in [0.1, 0.15) is 5.75 Å². The van der Waals surface area contributed by atoms with Gasteiger partial charge in [-0.1, -0.05) is 12.2 Å². The number of phenolic OH excluding ortho intramolecular Hbond substituents is 1. The van der Waals surface area contributed by atoms with Crippen molar-refractivity contribution in [3.05, 3.63) is 35.4 Å². The Morgan fingerprint density at radius 2 is 2.31 bits per heavy atom. The van der Waals surface area contributed by atoms with Crippen molar-refractivity contribution in [2.75, 3.05) is 12.9 Å². The van der Waals surface area contributed by atoms with Crippen molar-refractivity contribution in [3.63, 3.8) is 0 Å². The molecule has 0 unspecified atom stereocenters. The average molecular weight is 238 g/mol. The van der Waals surface area contributed by atoms with E-state index in [1.807, 2.05) is 6.08 Å². The predicted molar refractivity (Wildman–Crippen MR) is 67.0 cm³/mol. The van der Waals surface area contributed by atoms with Crippen LogP contribution in [0, 0.1) is 0 Å². The standard InChI is InChI=1S/C12H14O3S/c1-15-12(14)10-5-6-11(13)9(8-10)4-2-3-7-16/h2,4-6,8,13,16H,3,7H2,1H3. The van der Waals surface area contributed by atoms with Crippen molar-refractivity contribution in [1.82, 2.24) is 0 Å². The van der Waals surface area contributed by atoms with Crippen LogP contribution < -0.4 is 0 Å². The summed E-state index contributed by atoms with van der Waals surface area (Å²) >= 11 is 4.07. The molecule has 0 amide bonds. The van der Waals surface area contributed by atoms with Gasteiger partial charge in [-0.15, -0.1) is 0 Å². The lowest BCUT2D eigenvalue weighted by molar-refractivity contribution is 0.0600. The minimum atomic E-state index is -0.413. The molecular weight excluding hydrogens is 224 g/mol. The van der Waals surface area contributed by atoms with Crippen LogP contribution in [0.3, 0.4) is 0 Å². The maximum Gasteiger partial charge on any atom is 0.337 e. The number of esters is 1. The minimum absolute atomic E-state index is 0.142. The Kier molecular flexibility index (Phi) is 4.92. The zero-order valence-electron chi connectivity index (χ0n) is 9.01. The molecule has 0 aliphatic carbocycles. The van der Waals surface area contributed by atoms with E-state index in [2.05, 4.69) is 17.4 Å². The highest BCUT2D eigenvalue weighted by molar-refractivity contribution is 7.80. The first-order chi connectivity index (χ1) is 7.69. The molecule has 0 radical (unpaired) electrons. The van der Waals surface area contributed by atoms with Gasteiger partial charge in [-0.2, -0.15) is 12.6 Å². The van der Waals surface area contributed by atoms with Crippen LogP contribution in [0.25, 0.3) is 6.08 Å². The van der Waals surface area contributed by atoms with E-state index in [1.54, 1.807) is 12.1 Å². The van der Waals surface area contributed by atoms with Crippen LogP contribution in [0.15, 0.2) is 24.3 Å². The second-order valence-corrected chi connectivity index (χ2v) is 3.63. The summed E-state index contributed by atoms with van der Waals surface area (Å²) in [6.45, 7) is 0. The largest absolute Gasteiger partial charge is 0.507 e. The number of carbonyl (C=O) groups is 1. The Bertz CT molecular complexity index is 399. The number of phenols is 1. The number of aromatic hydroxyl groups is 1. The molecule has 1 rings (SSSR count). The van der Waals surface area contributed by atoms with E-state index >= 15 is 0 Å². The molecule has 4 heteroatoms. The fourth-order valence-corrected chi connectivity index (χ4v) is 1.37. The molecule has 0 aliphatic rings.